The van der Waals surface area contributed by atoms with Crippen LogP contribution in [0.3, 0.4) is 0 Å². The molecule has 0 radical (unpaired) electrons. The van der Waals surface area contributed by atoms with E-state index in [0.29, 0.717) is 0 Å². The number of nitrogens with one attached hydrogen (secondary N) is 1. The highest BCUT2D eigenvalue weighted by atomic mass is 16.5. The number of pyridine rings is 1. The summed E-state index contributed by atoms with van der Waals surface area (Å²) in [5.41, 5.74) is 3.65. The lowest BCUT2D eigenvalue weighted by atomic mass is 9.97. The third kappa shape index (κ3) is 3.89. The maximum atomic E-state index is 5.54. The molecule has 1 unspecified atom stereocenters. The van der Waals surface area contributed by atoms with Crippen LogP contribution in [0.4, 0.5) is 0 Å². The summed E-state index contributed by atoms with van der Waals surface area (Å²) in [6, 6.07) is 5.92. The first kappa shape index (κ1) is 13.1. The number of nitrogens with zero attached hydrogens (tertiary/aromatic N) is 1. The van der Waals surface area contributed by atoms with Crippen molar-refractivity contribution in [2.24, 2.45) is 5.84 Å². The Kier molecular flexibility index (Phi) is 4.86. The lowest BCUT2D eigenvalue weighted by molar-refractivity contribution is 0.0116. The zero-order valence-corrected chi connectivity index (χ0v) is 10.2. The molecule has 0 aliphatic carbocycles. The van der Waals surface area contributed by atoms with Crippen molar-refractivity contribution in [3.05, 3.63) is 30.1 Å². The summed E-state index contributed by atoms with van der Waals surface area (Å²) in [6.07, 6.45) is 3.60. The van der Waals surface area contributed by atoms with Gasteiger partial charge in [0.15, 0.2) is 0 Å². The number of hydrogen-bond donors (Lipinski definition) is 2. The quantitative estimate of drug-likeness (QED) is 0.570. The molecule has 1 aromatic heterocycles. The van der Waals surface area contributed by atoms with Gasteiger partial charge in [0.1, 0.15) is 0 Å². The van der Waals surface area contributed by atoms with E-state index in [4.69, 9.17) is 10.6 Å². The predicted molar refractivity (Wildman–Crippen MR) is 64.6 cm³/mol. The number of ether oxygens (including phenoxy) is 1. The molecule has 0 aliphatic heterocycles. The van der Waals surface area contributed by atoms with E-state index in [1.807, 2.05) is 18.2 Å². The molecule has 4 heteroatoms. The van der Waals surface area contributed by atoms with Gasteiger partial charge in [-0.25, -0.2) is 0 Å². The molecule has 0 spiro atoms. The summed E-state index contributed by atoms with van der Waals surface area (Å²) in [5, 5.41) is 0. The van der Waals surface area contributed by atoms with E-state index in [1.165, 1.54) is 0 Å². The van der Waals surface area contributed by atoms with Gasteiger partial charge < -0.3 is 4.74 Å². The second kappa shape index (κ2) is 5.94. The molecule has 1 heterocycles. The molecular formula is C12H21N3O. The number of nitrogens with two attached hydrogens (primary N) is 1. The standard InChI is InChI=1S/C12H21N3O/c1-12(2,16-3)8-7-11(15-13)10-6-4-5-9-14-10/h4-6,9,11,15H,7-8,13H2,1-3H3. The van der Waals surface area contributed by atoms with Crippen molar-refractivity contribution in [2.75, 3.05) is 7.11 Å². The van der Waals surface area contributed by atoms with E-state index in [2.05, 4.69) is 24.3 Å². The van der Waals surface area contributed by atoms with Crippen LogP contribution in [0.5, 0.6) is 0 Å². The lowest BCUT2D eigenvalue weighted by Gasteiger charge is -2.25. The van der Waals surface area contributed by atoms with Gasteiger partial charge in [0.25, 0.3) is 0 Å². The van der Waals surface area contributed by atoms with Crippen LogP contribution < -0.4 is 11.3 Å². The van der Waals surface area contributed by atoms with Crippen molar-refractivity contribution in [1.82, 2.24) is 10.4 Å². The molecule has 3 N–H and O–H groups in total. The highest BCUT2D eigenvalue weighted by Crippen LogP contribution is 2.22. The first-order chi connectivity index (χ1) is 7.59. The summed E-state index contributed by atoms with van der Waals surface area (Å²) < 4.78 is 5.38. The molecule has 1 rings (SSSR count). The lowest BCUT2D eigenvalue weighted by Crippen LogP contribution is -2.31. The van der Waals surface area contributed by atoms with Gasteiger partial charge in [-0.15, -0.1) is 0 Å². The number of methoxy groups -OCH3 is 1. The average molecular weight is 223 g/mol. The van der Waals surface area contributed by atoms with E-state index >= 15 is 0 Å². The highest BCUT2D eigenvalue weighted by Gasteiger charge is 2.19. The molecule has 0 amide bonds. The minimum Gasteiger partial charge on any atom is -0.379 e. The van der Waals surface area contributed by atoms with Gasteiger partial charge in [0, 0.05) is 13.3 Å². The number of rotatable bonds is 6. The summed E-state index contributed by atoms with van der Waals surface area (Å²) in [6.45, 7) is 4.14. The van der Waals surface area contributed by atoms with Crippen molar-refractivity contribution in [3.8, 4) is 0 Å². The molecular weight excluding hydrogens is 202 g/mol. The minimum absolute atomic E-state index is 0.0793. The summed E-state index contributed by atoms with van der Waals surface area (Å²) >= 11 is 0. The molecule has 0 saturated heterocycles. The molecule has 16 heavy (non-hydrogen) atoms. The van der Waals surface area contributed by atoms with Gasteiger partial charge in [0.05, 0.1) is 17.3 Å². The monoisotopic (exact) mass is 223 g/mol. The Morgan fingerprint density at radius 1 is 1.50 bits per heavy atom. The van der Waals surface area contributed by atoms with Crippen LogP contribution in [-0.4, -0.2) is 17.7 Å². The van der Waals surface area contributed by atoms with Crippen LogP contribution in [0.2, 0.25) is 0 Å². The van der Waals surface area contributed by atoms with E-state index in [1.54, 1.807) is 13.3 Å². The molecule has 90 valence electrons. The van der Waals surface area contributed by atoms with Crippen molar-refractivity contribution >= 4 is 0 Å². The van der Waals surface area contributed by atoms with Gasteiger partial charge in [0.2, 0.25) is 0 Å². The third-order valence-corrected chi connectivity index (χ3v) is 2.83. The van der Waals surface area contributed by atoms with Crippen LogP contribution in [-0.2, 0) is 4.74 Å². The Balaban J connectivity index is 2.57. The van der Waals surface area contributed by atoms with Crippen molar-refractivity contribution in [2.45, 2.75) is 38.3 Å². The van der Waals surface area contributed by atoms with Gasteiger partial charge in [-0.05, 0) is 38.8 Å². The van der Waals surface area contributed by atoms with Crippen LogP contribution in [0.1, 0.15) is 38.4 Å². The summed E-state index contributed by atoms with van der Waals surface area (Å²) in [4.78, 5) is 4.29. The highest BCUT2D eigenvalue weighted by molar-refractivity contribution is 5.08. The summed E-state index contributed by atoms with van der Waals surface area (Å²) in [5.74, 6) is 5.54. The first-order valence-corrected chi connectivity index (χ1v) is 5.51. The van der Waals surface area contributed by atoms with Crippen molar-refractivity contribution < 1.29 is 4.74 Å². The zero-order valence-electron chi connectivity index (χ0n) is 10.2. The van der Waals surface area contributed by atoms with Crippen LogP contribution in [0.25, 0.3) is 0 Å². The van der Waals surface area contributed by atoms with Crippen molar-refractivity contribution in [3.63, 3.8) is 0 Å². The minimum atomic E-state index is -0.121. The fourth-order valence-electron chi connectivity index (χ4n) is 1.49. The largest absolute Gasteiger partial charge is 0.379 e. The second-order valence-electron chi connectivity index (χ2n) is 4.48. The second-order valence-corrected chi connectivity index (χ2v) is 4.48. The number of hydrazine groups is 1. The molecule has 0 aliphatic rings. The predicted octanol–water partition coefficient (Wildman–Crippen LogP) is 1.79. The fraction of sp³-hybridized carbons (Fsp3) is 0.583. The van der Waals surface area contributed by atoms with Gasteiger partial charge in [-0.3, -0.25) is 16.3 Å². The van der Waals surface area contributed by atoms with Gasteiger partial charge in [-0.2, -0.15) is 0 Å². The van der Waals surface area contributed by atoms with Gasteiger partial charge in [-0.1, -0.05) is 6.07 Å². The Morgan fingerprint density at radius 2 is 2.25 bits per heavy atom. The zero-order chi connectivity index (χ0) is 12.0. The van der Waals surface area contributed by atoms with Crippen molar-refractivity contribution in [1.29, 1.82) is 0 Å². The number of aromatic nitrogens is 1. The van der Waals surface area contributed by atoms with E-state index in [9.17, 15) is 0 Å². The number of hydrogen-bond acceptors (Lipinski definition) is 4. The SMILES string of the molecule is COC(C)(C)CCC(NN)c1ccccn1. The third-order valence-electron chi connectivity index (χ3n) is 2.83. The van der Waals surface area contributed by atoms with E-state index in [0.717, 1.165) is 18.5 Å². The van der Waals surface area contributed by atoms with Crippen LogP contribution >= 0.6 is 0 Å². The van der Waals surface area contributed by atoms with Crippen LogP contribution in [0, 0.1) is 0 Å². The molecule has 4 nitrogen and oxygen atoms in total. The van der Waals surface area contributed by atoms with Crippen LogP contribution in [0.15, 0.2) is 24.4 Å². The molecule has 0 fully saturated rings. The smallest absolute Gasteiger partial charge is 0.0633 e. The fourth-order valence-corrected chi connectivity index (χ4v) is 1.49. The Hall–Kier alpha value is -0.970. The normalized spacial score (nSPS) is 13.8. The molecule has 0 saturated carbocycles. The Labute approximate surface area is 97.2 Å². The molecule has 1 atom stereocenters. The molecule has 1 aromatic rings. The topological polar surface area (TPSA) is 60.2 Å². The van der Waals surface area contributed by atoms with E-state index in [-0.39, 0.29) is 11.6 Å². The Bertz CT molecular complexity index is 300. The first-order valence-electron chi connectivity index (χ1n) is 5.51. The van der Waals surface area contributed by atoms with E-state index < -0.39 is 0 Å². The maximum Gasteiger partial charge on any atom is 0.0633 e. The molecule has 0 bridgehead atoms. The Morgan fingerprint density at radius 3 is 2.75 bits per heavy atom. The maximum absolute atomic E-state index is 5.54. The molecule has 0 aromatic carbocycles. The average Bonchev–Trinajstić information content (AvgIpc) is 2.31. The van der Waals surface area contributed by atoms with Gasteiger partial charge >= 0.3 is 0 Å². The summed E-state index contributed by atoms with van der Waals surface area (Å²) in [7, 11) is 1.73.